The van der Waals surface area contributed by atoms with Crippen molar-refractivity contribution in [1.29, 1.82) is 0 Å². The molecule has 0 spiro atoms. The van der Waals surface area contributed by atoms with Crippen molar-refractivity contribution in [2.75, 3.05) is 32.9 Å². The van der Waals surface area contributed by atoms with Crippen molar-refractivity contribution >= 4 is 16.8 Å². The fraction of sp³-hybridized carbons (Fsp3) is 0.435. The molecule has 2 rings (SSSR count). The highest BCUT2D eigenvalue weighted by molar-refractivity contribution is 7.84. The molecule has 2 aromatic carbocycles. The molecule has 2 atom stereocenters. The number of rotatable bonds is 11. The molecule has 0 aliphatic carbocycles. The van der Waals surface area contributed by atoms with Crippen molar-refractivity contribution in [3.63, 3.8) is 0 Å². The molecular weight excluding hydrogens is 380 g/mol. The Morgan fingerprint density at radius 3 is 2.21 bits per heavy atom. The van der Waals surface area contributed by atoms with Gasteiger partial charge in [0.15, 0.2) is 5.96 Å². The molecule has 6 heteroatoms. The lowest BCUT2D eigenvalue weighted by Crippen LogP contribution is -2.41. The topological polar surface area (TPSA) is 56.7 Å². The predicted molar refractivity (Wildman–Crippen MR) is 125 cm³/mol. The molecular formula is C23H34N4OS. The summed E-state index contributed by atoms with van der Waals surface area (Å²) in [5, 5.41) is 6.62. The van der Waals surface area contributed by atoms with E-state index in [1.165, 1.54) is 5.56 Å². The van der Waals surface area contributed by atoms with Crippen LogP contribution in [0.15, 0.2) is 65.7 Å². The maximum atomic E-state index is 12.2. The second-order valence-corrected chi connectivity index (χ2v) is 8.81. The van der Waals surface area contributed by atoms with E-state index in [4.69, 9.17) is 0 Å². The van der Waals surface area contributed by atoms with E-state index in [1.54, 1.807) is 7.05 Å². The van der Waals surface area contributed by atoms with Crippen molar-refractivity contribution in [1.82, 2.24) is 15.5 Å². The SMILES string of the molecule is CN=C(NCCC(C)N(C)Cc1ccccc1)NCCS(=O)Cc1ccccc1. The Bertz CT molecular complexity index is 752. The molecule has 0 aliphatic heterocycles. The van der Waals surface area contributed by atoms with Crippen LogP contribution in [0.2, 0.25) is 0 Å². The Morgan fingerprint density at radius 1 is 1.00 bits per heavy atom. The second kappa shape index (κ2) is 13.1. The van der Waals surface area contributed by atoms with Gasteiger partial charge in [-0.25, -0.2) is 0 Å². The molecule has 0 aliphatic rings. The lowest BCUT2D eigenvalue weighted by Gasteiger charge is -2.25. The first-order valence-corrected chi connectivity index (χ1v) is 11.6. The highest BCUT2D eigenvalue weighted by Crippen LogP contribution is 2.08. The minimum Gasteiger partial charge on any atom is -0.356 e. The Balaban J connectivity index is 1.62. The van der Waals surface area contributed by atoms with Crippen molar-refractivity contribution in [2.45, 2.75) is 31.7 Å². The monoisotopic (exact) mass is 414 g/mol. The van der Waals surface area contributed by atoms with Gasteiger partial charge in [-0.05, 0) is 31.5 Å². The minimum atomic E-state index is -0.880. The van der Waals surface area contributed by atoms with Gasteiger partial charge in [-0.3, -0.25) is 14.1 Å². The summed E-state index contributed by atoms with van der Waals surface area (Å²) in [6, 6.07) is 21.0. The summed E-state index contributed by atoms with van der Waals surface area (Å²) in [4.78, 5) is 6.62. The van der Waals surface area contributed by atoms with Crippen molar-refractivity contribution in [3.05, 3.63) is 71.8 Å². The van der Waals surface area contributed by atoms with Gasteiger partial charge in [0, 0.05) is 55.0 Å². The molecule has 2 N–H and O–H groups in total. The zero-order chi connectivity index (χ0) is 20.9. The van der Waals surface area contributed by atoms with Crippen LogP contribution in [-0.4, -0.2) is 54.0 Å². The third kappa shape index (κ3) is 9.24. The number of benzene rings is 2. The number of aliphatic imine (C=N–C) groups is 1. The van der Waals surface area contributed by atoms with Gasteiger partial charge >= 0.3 is 0 Å². The van der Waals surface area contributed by atoms with E-state index in [-0.39, 0.29) is 0 Å². The number of nitrogens with zero attached hydrogens (tertiary/aromatic N) is 2. The Labute approximate surface area is 178 Å². The average Bonchev–Trinajstić information content (AvgIpc) is 2.74. The van der Waals surface area contributed by atoms with Crippen molar-refractivity contribution < 1.29 is 4.21 Å². The quantitative estimate of drug-likeness (QED) is 0.438. The Kier molecular flexibility index (Phi) is 10.5. The number of hydrogen-bond donors (Lipinski definition) is 2. The molecule has 0 aromatic heterocycles. The van der Waals surface area contributed by atoms with Crippen LogP contribution < -0.4 is 10.6 Å². The highest BCUT2D eigenvalue weighted by atomic mass is 32.2. The first-order chi connectivity index (χ1) is 14.1. The molecule has 0 radical (unpaired) electrons. The zero-order valence-electron chi connectivity index (χ0n) is 17.8. The van der Waals surface area contributed by atoms with E-state index in [9.17, 15) is 4.21 Å². The molecule has 0 amide bonds. The summed E-state index contributed by atoms with van der Waals surface area (Å²) in [6.07, 6.45) is 1.02. The highest BCUT2D eigenvalue weighted by Gasteiger charge is 2.10. The van der Waals surface area contributed by atoms with Gasteiger partial charge in [-0.1, -0.05) is 60.7 Å². The van der Waals surface area contributed by atoms with E-state index in [1.807, 2.05) is 36.4 Å². The standard InChI is InChI=1S/C23H34N4OS/c1-20(27(3)18-21-10-6-4-7-11-21)14-15-25-23(24-2)26-16-17-29(28)19-22-12-8-5-9-13-22/h4-13,20H,14-19H2,1-3H3,(H2,24,25,26). The van der Waals surface area contributed by atoms with Gasteiger partial charge in [0.1, 0.15) is 0 Å². The van der Waals surface area contributed by atoms with Crippen molar-refractivity contribution in [2.24, 2.45) is 4.99 Å². The normalized spacial score (nSPS) is 13.9. The largest absolute Gasteiger partial charge is 0.356 e. The first kappa shape index (κ1) is 23.1. The Morgan fingerprint density at radius 2 is 1.59 bits per heavy atom. The fourth-order valence-electron chi connectivity index (χ4n) is 2.98. The summed E-state index contributed by atoms with van der Waals surface area (Å²) in [5.74, 6) is 1.96. The number of nitrogens with one attached hydrogen (secondary N) is 2. The predicted octanol–water partition coefficient (Wildman–Crippen LogP) is 3.01. The molecule has 0 saturated heterocycles. The third-order valence-electron chi connectivity index (χ3n) is 4.90. The average molecular weight is 415 g/mol. The van der Waals surface area contributed by atoms with E-state index >= 15 is 0 Å². The van der Waals surface area contributed by atoms with Crippen LogP contribution >= 0.6 is 0 Å². The molecule has 5 nitrogen and oxygen atoms in total. The van der Waals surface area contributed by atoms with Crippen LogP contribution in [0.5, 0.6) is 0 Å². The summed E-state index contributed by atoms with van der Waals surface area (Å²) < 4.78 is 12.2. The number of guanidine groups is 1. The van der Waals surface area contributed by atoms with Gasteiger partial charge < -0.3 is 10.6 Å². The maximum Gasteiger partial charge on any atom is 0.191 e. The second-order valence-electron chi connectivity index (χ2n) is 7.24. The summed E-state index contributed by atoms with van der Waals surface area (Å²) in [7, 11) is 3.04. The summed E-state index contributed by atoms with van der Waals surface area (Å²) in [6.45, 7) is 4.67. The van der Waals surface area contributed by atoms with Crippen LogP contribution in [-0.2, 0) is 23.1 Å². The molecule has 158 valence electrons. The molecule has 0 saturated carbocycles. The van der Waals surface area contributed by atoms with Gasteiger partial charge in [0.25, 0.3) is 0 Å². The van der Waals surface area contributed by atoms with Crippen LogP contribution in [0, 0.1) is 0 Å². The maximum absolute atomic E-state index is 12.2. The van der Waals surface area contributed by atoms with Gasteiger partial charge in [0.05, 0.1) is 0 Å². The van der Waals surface area contributed by atoms with Crippen LogP contribution in [0.3, 0.4) is 0 Å². The smallest absolute Gasteiger partial charge is 0.191 e. The zero-order valence-corrected chi connectivity index (χ0v) is 18.6. The Hall–Kier alpha value is -2.18. The lowest BCUT2D eigenvalue weighted by atomic mass is 10.1. The molecule has 2 unspecified atom stereocenters. The van der Waals surface area contributed by atoms with Gasteiger partial charge in [0.2, 0.25) is 0 Å². The molecule has 0 heterocycles. The van der Waals surface area contributed by atoms with Gasteiger partial charge in [-0.2, -0.15) is 0 Å². The van der Waals surface area contributed by atoms with Gasteiger partial charge in [-0.15, -0.1) is 0 Å². The van der Waals surface area contributed by atoms with Crippen LogP contribution in [0.1, 0.15) is 24.5 Å². The lowest BCUT2D eigenvalue weighted by molar-refractivity contribution is 0.238. The minimum absolute atomic E-state index is 0.458. The number of hydrogen-bond acceptors (Lipinski definition) is 3. The van der Waals surface area contributed by atoms with E-state index < -0.39 is 10.8 Å². The molecule has 0 bridgehead atoms. The van der Waals surface area contributed by atoms with E-state index in [0.29, 0.717) is 24.1 Å². The molecule has 0 fully saturated rings. The summed E-state index contributed by atoms with van der Waals surface area (Å²) in [5.41, 5.74) is 2.44. The van der Waals surface area contributed by atoms with Crippen LogP contribution in [0.25, 0.3) is 0 Å². The molecule has 2 aromatic rings. The molecule has 29 heavy (non-hydrogen) atoms. The van der Waals surface area contributed by atoms with E-state index in [0.717, 1.165) is 31.0 Å². The fourth-order valence-corrected chi connectivity index (χ4v) is 4.02. The van der Waals surface area contributed by atoms with Crippen LogP contribution in [0.4, 0.5) is 0 Å². The first-order valence-electron chi connectivity index (χ1n) is 10.2. The third-order valence-corrected chi connectivity index (χ3v) is 6.21. The van der Waals surface area contributed by atoms with E-state index in [2.05, 4.69) is 58.8 Å². The van der Waals surface area contributed by atoms with Crippen molar-refractivity contribution in [3.8, 4) is 0 Å². The summed E-state index contributed by atoms with van der Waals surface area (Å²) >= 11 is 0.